The van der Waals surface area contributed by atoms with Crippen molar-refractivity contribution >= 4 is 23.6 Å². The lowest BCUT2D eigenvalue weighted by Gasteiger charge is -2.28. The number of rotatable bonds is 3. The van der Waals surface area contributed by atoms with Crippen molar-refractivity contribution in [2.24, 2.45) is 4.99 Å². The van der Waals surface area contributed by atoms with Gasteiger partial charge in [0.05, 0.1) is 17.2 Å². The largest absolute Gasteiger partial charge is 0.416 e. The Balaban J connectivity index is 0.000000695. The zero-order chi connectivity index (χ0) is 27.4. The number of amidine groups is 1. The Kier molecular flexibility index (Phi) is 8.19. The fourth-order valence-corrected chi connectivity index (χ4v) is 3.59. The van der Waals surface area contributed by atoms with Crippen LogP contribution in [0.25, 0.3) is 0 Å². The van der Waals surface area contributed by atoms with Gasteiger partial charge in [-0.15, -0.1) is 0 Å². The van der Waals surface area contributed by atoms with Crippen LogP contribution in [-0.2, 0) is 11.0 Å². The lowest BCUT2D eigenvalue weighted by atomic mass is 9.94. The summed E-state index contributed by atoms with van der Waals surface area (Å²) >= 11 is 0. The molecule has 6 nitrogen and oxygen atoms in total. The first-order chi connectivity index (χ1) is 17.3. The van der Waals surface area contributed by atoms with Crippen LogP contribution in [0.5, 0.6) is 0 Å². The molecule has 1 amide bonds. The van der Waals surface area contributed by atoms with Gasteiger partial charge in [0.1, 0.15) is 12.0 Å². The van der Waals surface area contributed by atoms with Crippen LogP contribution in [0.1, 0.15) is 29.7 Å². The molecule has 2 aliphatic rings. The highest BCUT2D eigenvalue weighted by molar-refractivity contribution is 6.12. The number of anilines is 2. The Labute approximate surface area is 209 Å². The van der Waals surface area contributed by atoms with Crippen molar-refractivity contribution in [1.29, 1.82) is 0 Å². The van der Waals surface area contributed by atoms with E-state index >= 15 is 0 Å². The molecule has 198 valence electrons. The second-order valence-corrected chi connectivity index (χ2v) is 8.45. The summed E-state index contributed by atoms with van der Waals surface area (Å²) in [5, 5.41) is 8.86. The number of carbonyl (C=O) groups is 1. The SMILES string of the molecule is CC1N=C(Nc2ccc(C(F)(F)F)cc2)c2ccc(C3NC=CC=C3C(F)(F)F)cc2N1.CN(C)C=O. The van der Waals surface area contributed by atoms with E-state index in [-0.39, 0.29) is 0 Å². The van der Waals surface area contributed by atoms with E-state index in [0.717, 1.165) is 24.6 Å². The third-order valence-corrected chi connectivity index (χ3v) is 5.28. The number of alkyl halides is 6. The summed E-state index contributed by atoms with van der Waals surface area (Å²) in [6, 6.07) is 8.27. The minimum Gasteiger partial charge on any atom is -0.380 e. The summed E-state index contributed by atoms with van der Waals surface area (Å²) in [6.45, 7) is 1.76. The Morgan fingerprint density at radius 2 is 1.65 bits per heavy atom. The predicted octanol–water partition coefficient (Wildman–Crippen LogP) is 5.69. The molecule has 0 aromatic heterocycles. The lowest BCUT2D eigenvalue weighted by molar-refractivity contribution is -0.137. The monoisotopic (exact) mass is 525 g/mol. The van der Waals surface area contributed by atoms with Crippen LogP contribution in [0.15, 0.2) is 71.4 Å². The van der Waals surface area contributed by atoms with E-state index in [1.165, 1.54) is 29.3 Å². The van der Waals surface area contributed by atoms with Gasteiger partial charge in [-0.1, -0.05) is 12.1 Å². The molecule has 2 aromatic rings. The molecule has 2 aliphatic heterocycles. The first-order valence-corrected chi connectivity index (χ1v) is 11.0. The van der Waals surface area contributed by atoms with Gasteiger partial charge in [0, 0.05) is 31.0 Å². The maximum atomic E-state index is 13.4. The number of amides is 1. The van der Waals surface area contributed by atoms with E-state index in [1.54, 1.807) is 39.2 Å². The van der Waals surface area contributed by atoms with Crippen molar-refractivity contribution in [2.45, 2.75) is 31.5 Å². The summed E-state index contributed by atoms with van der Waals surface area (Å²) in [5.74, 6) is 0.403. The first kappa shape index (κ1) is 27.6. The van der Waals surface area contributed by atoms with Crippen LogP contribution in [0.2, 0.25) is 0 Å². The maximum Gasteiger partial charge on any atom is 0.416 e. The summed E-state index contributed by atoms with van der Waals surface area (Å²) in [7, 11) is 3.38. The molecular weight excluding hydrogens is 500 g/mol. The van der Waals surface area contributed by atoms with Crippen molar-refractivity contribution < 1.29 is 31.1 Å². The number of fused-ring (bicyclic) bond motifs is 1. The molecule has 2 atom stereocenters. The molecular formula is C25H25F6N5O. The topological polar surface area (TPSA) is 68.8 Å². The van der Waals surface area contributed by atoms with Gasteiger partial charge >= 0.3 is 12.4 Å². The first-order valence-electron chi connectivity index (χ1n) is 11.0. The van der Waals surface area contributed by atoms with Gasteiger partial charge in [0.25, 0.3) is 0 Å². The second kappa shape index (κ2) is 11.0. The van der Waals surface area contributed by atoms with Gasteiger partial charge < -0.3 is 20.9 Å². The number of allylic oxidation sites excluding steroid dienone is 2. The molecule has 12 heteroatoms. The van der Waals surface area contributed by atoms with Crippen LogP contribution < -0.4 is 16.0 Å². The highest BCUT2D eigenvalue weighted by Crippen LogP contribution is 2.39. The normalized spacial score (nSPS) is 18.6. The smallest absolute Gasteiger partial charge is 0.380 e. The molecule has 2 aromatic carbocycles. The molecule has 37 heavy (non-hydrogen) atoms. The Morgan fingerprint density at radius 1 is 1.00 bits per heavy atom. The number of halogens is 6. The van der Waals surface area contributed by atoms with Crippen LogP contribution in [0.3, 0.4) is 0 Å². The van der Waals surface area contributed by atoms with Gasteiger partial charge in [-0.2, -0.15) is 26.3 Å². The molecule has 2 heterocycles. The average molecular weight is 525 g/mol. The molecule has 2 unspecified atom stereocenters. The van der Waals surface area contributed by atoms with E-state index in [9.17, 15) is 31.1 Å². The number of aliphatic imine (C=N–C) groups is 1. The van der Waals surface area contributed by atoms with Crippen LogP contribution >= 0.6 is 0 Å². The second-order valence-electron chi connectivity index (χ2n) is 8.45. The van der Waals surface area contributed by atoms with Gasteiger partial charge in [0.2, 0.25) is 6.41 Å². The molecule has 0 radical (unpaired) electrons. The van der Waals surface area contributed by atoms with E-state index in [4.69, 9.17) is 0 Å². The Bertz CT molecular complexity index is 1200. The van der Waals surface area contributed by atoms with Gasteiger partial charge in [-0.3, -0.25) is 4.79 Å². The number of carbonyl (C=O) groups excluding carboxylic acids is 1. The van der Waals surface area contributed by atoms with Crippen LogP contribution in [-0.4, -0.2) is 43.6 Å². The quantitative estimate of drug-likeness (QED) is 0.356. The fraction of sp³-hybridized carbons (Fsp3) is 0.280. The van der Waals surface area contributed by atoms with Crippen LogP contribution in [0.4, 0.5) is 37.7 Å². The molecule has 4 rings (SSSR count). The fourth-order valence-electron chi connectivity index (χ4n) is 3.59. The number of hydrogen-bond donors (Lipinski definition) is 3. The van der Waals surface area contributed by atoms with E-state index in [2.05, 4.69) is 20.9 Å². The molecule has 0 fully saturated rings. The van der Waals surface area contributed by atoms with E-state index in [0.29, 0.717) is 28.3 Å². The van der Waals surface area contributed by atoms with Gasteiger partial charge in [-0.05, 0) is 61.2 Å². The number of benzene rings is 2. The van der Waals surface area contributed by atoms with Crippen molar-refractivity contribution in [3.63, 3.8) is 0 Å². The van der Waals surface area contributed by atoms with Crippen molar-refractivity contribution in [1.82, 2.24) is 10.2 Å². The minimum absolute atomic E-state index is 0.397. The molecule has 0 spiro atoms. The third-order valence-electron chi connectivity index (χ3n) is 5.28. The van der Waals surface area contributed by atoms with Crippen molar-refractivity contribution in [3.8, 4) is 0 Å². The summed E-state index contributed by atoms with van der Waals surface area (Å²) in [6.07, 6.45) is -4.78. The molecule has 0 saturated heterocycles. The molecule has 3 N–H and O–H groups in total. The minimum atomic E-state index is -4.49. The van der Waals surface area contributed by atoms with E-state index in [1.807, 2.05) is 0 Å². The number of nitrogens with one attached hydrogen (secondary N) is 3. The number of nitrogens with zero attached hydrogens (tertiary/aromatic N) is 2. The third kappa shape index (κ3) is 7.05. The number of dihydropyridines is 1. The van der Waals surface area contributed by atoms with E-state index < -0.39 is 35.7 Å². The van der Waals surface area contributed by atoms with Crippen molar-refractivity contribution in [2.75, 3.05) is 24.7 Å². The van der Waals surface area contributed by atoms with Crippen LogP contribution in [0, 0.1) is 0 Å². The van der Waals surface area contributed by atoms with Crippen molar-refractivity contribution in [3.05, 3.63) is 83.1 Å². The van der Waals surface area contributed by atoms with Gasteiger partial charge in [-0.25, -0.2) is 4.99 Å². The molecule has 0 saturated carbocycles. The Morgan fingerprint density at radius 3 is 2.22 bits per heavy atom. The summed E-state index contributed by atoms with van der Waals surface area (Å²) in [5.41, 5.74) is 0.499. The summed E-state index contributed by atoms with van der Waals surface area (Å²) < 4.78 is 78.6. The maximum absolute atomic E-state index is 13.4. The Hall–Kier alpha value is -3.96. The standard InChI is InChI=1S/C22H18F6N4.C3H7NO/c1-12-30-18-11-13(19-17(22(26,27)28)3-2-10-29-19)4-9-16(18)20(31-12)32-15-7-5-14(6-8-15)21(23,24)25;1-4(2)3-5/h2-12,19,29-30H,1H3,(H,31,32);3H,1-2H3. The highest BCUT2D eigenvalue weighted by atomic mass is 19.4. The zero-order valence-corrected chi connectivity index (χ0v) is 20.1. The molecule has 0 bridgehead atoms. The predicted molar refractivity (Wildman–Crippen MR) is 130 cm³/mol. The lowest BCUT2D eigenvalue weighted by Crippen LogP contribution is -2.30. The average Bonchev–Trinajstić information content (AvgIpc) is 2.83. The number of hydrogen-bond acceptors (Lipinski definition) is 5. The summed E-state index contributed by atoms with van der Waals surface area (Å²) in [4.78, 5) is 15.3. The highest BCUT2D eigenvalue weighted by Gasteiger charge is 2.40. The van der Waals surface area contributed by atoms with Gasteiger partial charge in [0.15, 0.2) is 0 Å². The molecule has 0 aliphatic carbocycles. The zero-order valence-electron chi connectivity index (χ0n) is 20.1.